The molecule has 0 radical (unpaired) electrons. The number of nitrogens with zero attached hydrogens (tertiary/aromatic N) is 6. The van der Waals surface area contributed by atoms with Crippen LogP contribution in [0.3, 0.4) is 0 Å². The first-order valence-corrected chi connectivity index (χ1v) is 17.7. The van der Waals surface area contributed by atoms with Crippen LogP contribution in [-0.4, -0.2) is 83.2 Å². The molecule has 1 unspecified atom stereocenters. The Morgan fingerprint density at radius 2 is 1.76 bits per heavy atom. The minimum Gasteiger partial charge on any atom is -0.491 e. The number of anilines is 3. The molecule has 1 atom stereocenters. The number of ether oxygens (including phenoxy) is 3. The molecule has 3 heterocycles. The Morgan fingerprint density at radius 1 is 1.00 bits per heavy atom. The quantitative estimate of drug-likeness (QED) is 0.147. The molecule has 2 aliphatic rings. The molecular formula is C39H49N7O4. The molecule has 1 amide bonds. The van der Waals surface area contributed by atoms with Crippen molar-refractivity contribution in [1.82, 2.24) is 25.1 Å². The van der Waals surface area contributed by atoms with Gasteiger partial charge in [-0.1, -0.05) is 48.8 Å². The number of unbranched alkanes of at least 4 members (excludes halogenated alkanes) is 1. The Labute approximate surface area is 295 Å². The van der Waals surface area contributed by atoms with Crippen molar-refractivity contribution in [2.24, 2.45) is 7.05 Å². The summed E-state index contributed by atoms with van der Waals surface area (Å²) >= 11 is 0. The fourth-order valence-corrected chi connectivity index (χ4v) is 6.55. The third kappa shape index (κ3) is 8.95. The summed E-state index contributed by atoms with van der Waals surface area (Å²) in [6, 6.07) is 22.9. The molecule has 264 valence electrons. The maximum atomic E-state index is 13.9. The van der Waals surface area contributed by atoms with E-state index < -0.39 is 0 Å². The first kappa shape index (κ1) is 35.3. The van der Waals surface area contributed by atoms with E-state index in [1.54, 1.807) is 7.05 Å². The van der Waals surface area contributed by atoms with E-state index in [-0.39, 0.29) is 11.9 Å². The van der Waals surface area contributed by atoms with Crippen LogP contribution in [0.5, 0.6) is 5.75 Å². The van der Waals surface area contributed by atoms with E-state index in [2.05, 4.69) is 93.9 Å². The lowest BCUT2D eigenvalue weighted by Crippen LogP contribution is -2.36. The second-order valence-corrected chi connectivity index (χ2v) is 13.2. The third-order valence-electron chi connectivity index (χ3n) is 9.36. The van der Waals surface area contributed by atoms with Gasteiger partial charge in [0, 0.05) is 49.7 Å². The van der Waals surface area contributed by atoms with Crippen LogP contribution in [0.25, 0.3) is 17.2 Å². The summed E-state index contributed by atoms with van der Waals surface area (Å²) in [7, 11) is 3.92. The Balaban J connectivity index is 1.19. The summed E-state index contributed by atoms with van der Waals surface area (Å²) in [5, 5.41) is 16.1. The van der Waals surface area contributed by atoms with Crippen molar-refractivity contribution in [3.05, 3.63) is 83.4 Å². The standard InChI is InChI=1S/C39H49N7O4/c1-5-6-19-48-22-23-50-36-14-9-30(10-15-36)31-11-16-37-32(25-31)26-33(24-28(2)46(37)39-41-43-45(4)42-39)38(47)40-34-12-7-29(8-13-34)27-44(3)35-17-20-49-21-18-35/h7-16,25-26,28,35H,5-6,17-24,27H2,1-4H3,(H,40,47). The number of hydrogen-bond donors (Lipinski definition) is 1. The van der Waals surface area contributed by atoms with Crippen molar-refractivity contribution < 1.29 is 19.0 Å². The predicted molar refractivity (Wildman–Crippen MR) is 196 cm³/mol. The van der Waals surface area contributed by atoms with Crippen LogP contribution < -0.4 is 15.0 Å². The van der Waals surface area contributed by atoms with Gasteiger partial charge in [-0.3, -0.25) is 9.69 Å². The van der Waals surface area contributed by atoms with E-state index in [9.17, 15) is 4.79 Å². The summed E-state index contributed by atoms with van der Waals surface area (Å²) in [5.74, 6) is 1.16. The van der Waals surface area contributed by atoms with Gasteiger partial charge in [0.25, 0.3) is 11.9 Å². The van der Waals surface area contributed by atoms with E-state index in [1.807, 2.05) is 30.3 Å². The van der Waals surface area contributed by atoms with Crippen LogP contribution in [0.1, 0.15) is 57.1 Å². The lowest BCUT2D eigenvalue weighted by molar-refractivity contribution is -0.112. The third-order valence-corrected chi connectivity index (χ3v) is 9.36. The number of carbonyl (C=O) groups is 1. The molecule has 1 saturated heterocycles. The zero-order chi connectivity index (χ0) is 34.9. The highest BCUT2D eigenvalue weighted by atomic mass is 16.5. The van der Waals surface area contributed by atoms with Gasteiger partial charge in [-0.2, -0.15) is 4.80 Å². The average molecular weight is 680 g/mol. The molecule has 11 nitrogen and oxygen atoms in total. The van der Waals surface area contributed by atoms with E-state index in [4.69, 9.17) is 14.2 Å². The lowest BCUT2D eigenvalue weighted by atomic mass is 10.00. The van der Waals surface area contributed by atoms with Crippen LogP contribution in [0.2, 0.25) is 0 Å². The maximum absolute atomic E-state index is 13.9. The minimum atomic E-state index is -0.130. The van der Waals surface area contributed by atoms with Gasteiger partial charge in [-0.05, 0) is 110 Å². The molecule has 1 aromatic heterocycles. The Hall–Kier alpha value is -4.58. The molecule has 2 aliphatic heterocycles. The van der Waals surface area contributed by atoms with Crippen molar-refractivity contribution in [3.63, 3.8) is 0 Å². The number of hydrogen-bond acceptors (Lipinski definition) is 9. The van der Waals surface area contributed by atoms with Crippen molar-refractivity contribution in [2.75, 3.05) is 50.3 Å². The summed E-state index contributed by atoms with van der Waals surface area (Å²) in [6.45, 7) is 8.59. The second kappa shape index (κ2) is 16.9. The molecule has 6 rings (SSSR count). The molecule has 1 fully saturated rings. The highest BCUT2D eigenvalue weighted by molar-refractivity contribution is 6.07. The number of amides is 1. The Bertz CT molecular complexity index is 1730. The van der Waals surface area contributed by atoms with Crippen LogP contribution >= 0.6 is 0 Å². The molecule has 3 aromatic carbocycles. The normalized spacial score (nSPS) is 16.5. The predicted octanol–water partition coefficient (Wildman–Crippen LogP) is 6.64. The summed E-state index contributed by atoms with van der Waals surface area (Å²) in [5.41, 5.74) is 6.54. The SMILES string of the molecule is CCCCOCCOc1ccc(-c2ccc3c(c2)C=C(C(=O)Nc2ccc(CN(C)C4CCOCC4)cc2)CC(C)N3c2nnn(C)n2)cc1. The monoisotopic (exact) mass is 679 g/mol. The van der Waals surface area contributed by atoms with Gasteiger partial charge in [-0.25, -0.2) is 0 Å². The van der Waals surface area contributed by atoms with Crippen LogP contribution in [0, 0.1) is 0 Å². The minimum absolute atomic E-state index is 0.103. The van der Waals surface area contributed by atoms with Crippen molar-refractivity contribution in [3.8, 4) is 16.9 Å². The number of aryl methyl sites for hydroxylation is 1. The number of rotatable bonds is 14. The molecule has 11 heteroatoms. The lowest BCUT2D eigenvalue weighted by Gasteiger charge is -2.31. The molecule has 1 N–H and O–H groups in total. The van der Waals surface area contributed by atoms with Gasteiger partial charge in [0.2, 0.25) is 0 Å². The largest absolute Gasteiger partial charge is 0.491 e. The molecular weight excluding hydrogens is 630 g/mol. The van der Waals surface area contributed by atoms with Crippen molar-refractivity contribution in [2.45, 2.75) is 64.6 Å². The van der Waals surface area contributed by atoms with E-state index in [1.165, 1.54) is 10.4 Å². The first-order chi connectivity index (χ1) is 24.4. The highest BCUT2D eigenvalue weighted by Crippen LogP contribution is 2.38. The zero-order valence-electron chi connectivity index (χ0n) is 29.7. The highest BCUT2D eigenvalue weighted by Gasteiger charge is 2.29. The number of carbonyl (C=O) groups excluding carboxylic acids is 1. The maximum Gasteiger partial charge on any atom is 0.270 e. The topological polar surface area (TPSA) is 107 Å². The number of tetrazole rings is 1. The molecule has 0 saturated carbocycles. The summed E-state index contributed by atoms with van der Waals surface area (Å²) < 4.78 is 17.0. The molecule has 50 heavy (non-hydrogen) atoms. The van der Waals surface area contributed by atoms with Crippen LogP contribution in [-0.2, 0) is 27.9 Å². The Kier molecular flexibility index (Phi) is 11.9. The number of nitrogens with one attached hydrogen (secondary N) is 1. The zero-order valence-corrected chi connectivity index (χ0v) is 29.7. The molecule has 0 bridgehead atoms. The van der Waals surface area contributed by atoms with Gasteiger partial charge in [-0.15, -0.1) is 5.10 Å². The van der Waals surface area contributed by atoms with Gasteiger partial charge >= 0.3 is 0 Å². The van der Waals surface area contributed by atoms with Gasteiger partial charge in [0.05, 0.1) is 19.3 Å². The molecule has 0 aliphatic carbocycles. The fraction of sp³-hybridized carbons (Fsp3) is 0.436. The average Bonchev–Trinajstić information content (AvgIpc) is 3.50. The van der Waals surface area contributed by atoms with E-state index in [0.717, 1.165) is 85.9 Å². The van der Waals surface area contributed by atoms with E-state index >= 15 is 0 Å². The number of benzene rings is 3. The fourth-order valence-electron chi connectivity index (χ4n) is 6.55. The van der Waals surface area contributed by atoms with E-state index in [0.29, 0.717) is 37.2 Å². The van der Waals surface area contributed by atoms with Gasteiger partial charge < -0.3 is 24.4 Å². The summed E-state index contributed by atoms with van der Waals surface area (Å²) in [6.07, 6.45) is 6.79. The smallest absolute Gasteiger partial charge is 0.270 e. The molecule has 4 aromatic rings. The Morgan fingerprint density at radius 3 is 2.48 bits per heavy atom. The van der Waals surface area contributed by atoms with Gasteiger partial charge in [0.15, 0.2) is 0 Å². The van der Waals surface area contributed by atoms with Gasteiger partial charge in [0.1, 0.15) is 12.4 Å². The molecule has 0 spiro atoms. The van der Waals surface area contributed by atoms with Crippen LogP contribution in [0.15, 0.2) is 72.3 Å². The second-order valence-electron chi connectivity index (χ2n) is 13.2. The number of fused-ring (bicyclic) bond motifs is 1. The van der Waals surface area contributed by atoms with Crippen LogP contribution in [0.4, 0.5) is 17.3 Å². The van der Waals surface area contributed by atoms with Crippen molar-refractivity contribution >= 4 is 29.3 Å². The first-order valence-electron chi connectivity index (χ1n) is 17.7. The summed E-state index contributed by atoms with van der Waals surface area (Å²) in [4.78, 5) is 19.8. The number of aromatic nitrogens is 4. The van der Waals surface area contributed by atoms with Crippen molar-refractivity contribution in [1.29, 1.82) is 0 Å².